The van der Waals surface area contributed by atoms with Crippen molar-refractivity contribution in [2.45, 2.75) is 57.2 Å². The first-order valence-electron chi connectivity index (χ1n) is 7.71. The highest BCUT2D eigenvalue weighted by molar-refractivity contribution is 5.82. The van der Waals surface area contributed by atoms with Crippen LogP contribution in [-0.4, -0.2) is 23.0 Å². The number of rotatable bonds is 3. The molecule has 1 saturated heterocycles. The molecule has 0 bridgehead atoms. The minimum atomic E-state index is -0.0341. The van der Waals surface area contributed by atoms with Crippen LogP contribution in [0.15, 0.2) is 24.4 Å². The van der Waals surface area contributed by atoms with Gasteiger partial charge in [-0.05, 0) is 44.2 Å². The Balaban J connectivity index is 1.57. The van der Waals surface area contributed by atoms with Gasteiger partial charge in [0.2, 0.25) is 5.91 Å². The monoisotopic (exact) mass is 273 g/mol. The average Bonchev–Trinajstić information content (AvgIpc) is 2.92. The van der Waals surface area contributed by atoms with Crippen molar-refractivity contribution in [2.24, 2.45) is 5.92 Å². The highest BCUT2D eigenvalue weighted by Gasteiger charge is 2.38. The number of fused-ring (bicyclic) bond motifs is 1. The van der Waals surface area contributed by atoms with Gasteiger partial charge >= 0.3 is 0 Å². The van der Waals surface area contributed by atoms with Gasteiger partial charge in [-0.25, -0.2) is 0 Å². The van der Waals surface area contributed by atoms with Crippen molar-refractivity contribution >= 4 is 5.91 Å². The smallest absolute Gasteiger partial charge is 0.237 e. The number of amides is 1. The van der Waals surface area contributed by atoms with Gasteiger partial charge in [0.15, 0.2) is 0 Å². The van der Waals surface area contributed by atoms with Crippen LogP contribution in [0.3, 0.4) is 0 Å². The van der Waals surface area contributed by atoms with E-state index in [1.54, 1.807) is 6.20 Å². The normalized spacial score (nSPS) is 30.6. The summed E-state index contributed by atoms with van der Waals surface area (Å²) >= 11 is 0. The molecule has 4 atom stereocenters. The number of carbonyl (C=O) groups excluding carboxylic acids is 1. The van der Waals surface area contributed by atoms with E-state index in [2.05, 4.69) is 15.6 Å². The molecule has 1 aliphatic carbocycles. The first-order chi connectivity index (χ1) is 9.74. The van der Waals surface area contributed by atoms with Gasteiger partial charge in [-0.15, -0.1) is 0 Å². The van der Waals surface area contributed by atoms with Crippen LogP contribution in [0, 0.1) is 5.92 Å². The Kier molecular flexibility index (Phi) is 4.01. The number of hydrogen-bond acceptors (Lipinski definition) is 3. The molecule has 0 spiro atoms. The van der Waals surface area contributed by atoms with Crippen LogP contribution < -0.4 is 10.6 Å². The molecular formula is C16H23N3O. The first kappa shape index (κ1) is 13.6. The Bertz CT molecular complexity index is 448. The summed E-state index contributed by atoms with van der Waals surface area (Å²) in [5.41, 5.74) is 0.913. The van der Waals surface area contributed by atoms with Crippen LogP contribution in [0.1, 0.15) is 50.8 Å². The average molecular weight is 273 g/mol. The Hall–Kier alpha value is -1.42. The second-order valence-electron chi connectivity index (χ2n) is 6.09. The molecule has 1 saturated carbocycles. The fourth-order valence-corrected chi connectivity index (χ4v) is 3.54. The van der Waals surface area contributed by atoms with Crippen molar-refractivity contribution in [1.29, 1.82) is 0 Å². The molecule has 1 aromatic heterocycles. The number of aromatic nitrogens is 1. The zero-order valence-electron chi connectivity index (χ0n) is 12.0. The molecule has 20 heavy (non-hydrogen) atoms. The molecule has 4 heteroatoms. The fraction of sp³-hybridized carbons (Fsp3) is 0.625. The summed E-state index contributed by atoms with van der Waals surface area (Å²) in [6, 6.07) is 6.30. The Morgan fingerprint density at radius 3 is 3.00 bits per heavy atom. The zero-order chi connectivity index (χ0) is 13.9. The molecule has 4 nitrogen and oxygen atoms in total. The molecule has 3 unspecified atom stereocenters. The van der Waals surface area contributed by atoms with Crippen molar-refractivity contribution in [3.63, 3.8) is 0 Å². The van der Waals surface area contributed by atoms with E-state index in [-0.39, 0.29) is 18.0 Å². The largest absolute Gasteiger partial charge is 0.347 e. The van der Waals surface area contributed by atoms with Crippen LogP contribution in [0.25, 0.3) is 0 Å². The zero-order valence-corrected chi connectivity index (χ0v) is 12.0. The third kappa shape index (κ3) is 2.85. The molecule has 1 aromatic rings. The standard InChI is InChI=1S/C16H23N3O/c1-11(13-7-4-5-9-17-13)18-16(20)15-10-12-6-2-3-8-14(12)19-15/h4-5,7,9,11-12,14-15,19H,2-3,6,8,10H2,1H3,(H,18,20)/t11-,12?,14?,15?/m0/s1. The van der Waals surface area contributed by atoms with E-state index in [4.69, 9.17) is 0 Å². The van der Waals surface area contributed by atoms with Crippen LogP contribution in [0.4, 0.5) is 0 Å². The van der Waals surface area contributed by atoms with Crippen LogP contribution in [0.5, 0.6) is 0 Å². The lowest BCUT2D eigenvalue weighted by atomic mass is 9.85. The Morgan fingerprint density at radius 2 is 2.25 bits per heavy atom. The molecule has 3 rings (SSSR count). The van der Waals surface area contributed by atoms with Gasteiger partial charge in [-0.3, -0.25) is 9.78 Å². The maximum atomic E-state index is 12.4. The minimum Gasteiger partial charge on any atom is -0.347 e. The van der Waals surface area contributed by atoms with Crippen molar-refractivity contribution in [3.8, 4) is 0 Å². The molecule has 2 aliphatic rings. The van der Waals surface area contributed by atoms with Gasteiger partial charge in [-0.1, -0.05) is 18.9 Å². The van der Waals surface area contributed by atoms with Gasteiger partial charge in [0, 0.05) is 12.2 Å². The second-order valence-corrected chi connectivity index (χ2v) is 6.09. The minimum absolute atomic E-state index is 0.0192. The summed E-state index contributed by atoms with van der Waals surface area (Å²) in [6.45, 7) is 1.99. The maximum absolute atomic E-state index is 12.4. The summed E-state index contributed by atoms with van der Waals surface area (Å²) in [6.07, 6.45) is 7.88. The number of nitrogens with zero attached hydrogens (tertiary/aromatic N) is 1. The molecule has 0 radical (unpaired) electrons. The lowest BCUT2D eigenvalue weighted by Gasteiger charge is -2.24. The lowest BCUT2D eigenvalue weighted by Crippen LogP contribution is -2.44. The Morgan fingerprint density at radius 1 is 1.40 bits per heavy atom. The van der Waals surface area contributed by atoms with Crippen molar-refractivity contribution in [3.05, 3.63) is 30.1 Å². The summed E-state index contributed by atoms with van der Waals surface area (Å²) in [5, 5.41) is 6.60. The lowest BCUT2D eigenvalue weighted by molar-refractivity contribution is -0.123. The van der Waals surface area contributed by atoms with E-state index in [1.807, 2.05) is 25.1 Å². The van der Waals surface area contributed by atoms with E-state index in [9.17, 15) is 4.79 Å². The highest BCUT2D eigenvalue weighted by atomic mass is 16.2. The van der Waals surface area contributed by atoms with E-state index in [0.29, 0.717) is 12.0 Å². The predicted octanol–water partition coefficient (Wildman–Crippen LogP) is 2.18. The highest BCUT2D eigenvalue weighted by Crippen LogP contribution is 2.33. The Labute approximate surface area is 120 Å². The van der Waals surface area contributed by atoms with E-state index in [0.717, 1.165) is 12.1 Å². The van der Waals surface area contributed by atoms with E-state index < -0.39 is 0 Å². The molecular weight excluding hydrogens is 250 g/mol. The van der Waals surface area contributed by atoms with E-state index in [1.165, 1.54) is 25.7 Å². The molecule has 108 valence electrons. The van der Waals surface area contributed by atoms with Crippen LogP contribution in [-0.2, 0) is 4.79 Å². The molecule has 1 amide bonds. The van der Waals surface area contributed by atoms with Crippen molar-refractivity contribution in [2.75, 3.05) is 0 Å². The third-order valence-corrected chi connectivity index (χ3v) is 4.67. The SMILES string of the molecule is C[C@H](NC(=O)C1CC2CCCCC2N1)c1ccccn1. The quantitative estimate of drug-likeness (QED) is 0.887. The fourth-order valence-electron chi connectivity index (χ4n) is 3.54. The maximum Gasteiger partial charge on any atom is 0.237 e. The molecule has 0 aromatic carbocycles. The van der Waals surface area contributed by atoms with Crippen LogP contribution >= 0.6 is 0 Å². The van der Waals surface area contributed by atoms with Gasteiger partial charge in [0.1, 0.15) is 0 Å². The molecule has 2 heterocycles. The summed E-state index contributed by atoms with van der Waals surface area (Å²) in [4.78, 5) is 16.7. The van der Waals surface area contributed by atoms with Gasteiger partial charge < -0.3 is 10.6 Å². The van der Waals surface area contributed by atoms with Crippen molar-refractivity contribution < 1.29 is 4.79 Å². The number of pyridine rings is 1. The van der Waals surface area contributed by atoms with Crippen molar-refractivity contribution in [1.82, 2.24) is 15.6 Å². The first-order valence-corrected chi connectivity index (χ1v) is 7.71. The number of hydrogen-bond donors (Lipinski definition) is 2. The third-order valence-electron chi connectivity index (χ3n) is 4.67. The molecule has 2 fully saturated rings. The molecule has 2 N–H and O–H groups in total. The summed E-state index contributed by atoms with van der Waals surface area (Å²) in [5.74, 6) is 0.821. The van der Waals surface area contributed by atoms with E-state index >= 15 is 0 Å². The summed E-state index contributed by atoms with van der Waals surface area (Å²) in [7, 11) is 0. The number of carbonyl (C=O) groups is 1. The van der Waals surface area contributed by atoms with Gasteiger partial charge in [0.05, 0.1) is 17.8 Å². The van der Waals surface area contributed by atoms with Gasteiger partial charge in [0.25, 0.3) is 0 Å². The number of nitrogens with one attached hydrogen (secondary N) is 2. The molecule has 1 aliphatic heterocycles. The van der Waals surface area contributed by atoms with Gasteiger partial charge in [-0.2, -0.15) is 0 Å². The second kappa shape index (κ2) is 5.92. The topological polar surface area (TPSA) is 54.0 Å². The van der Waals surface area contributed by atoms with Crippen LogP contribution in [0.2, 0.25) is 0 Å². The predicted molar refractivity (Wildman–Crippen MR) is 78.1 cm³/mol. The summed E-state index contributed by atoms with van der Waals surface area (Å²) < 4.78 is 0.